The van der Waals surface area contributed by atoms with Crippen molar-refractivity contribution in [2.45, 2.75) is 38.1 Å². The van der Waals surface area contributed by atoms with Gasteiger partial charge in [-0.2, -0.15) is 0 Å². The molecule has 3 nitrogen and oxygen atoms in total. The number of benzene rings is 1. The van der Waals surface area contributed by atoms with Crippen LogP contribution >= 0.6 is 11.8 Å². The molecule has 0 aliphatic heterocycles. The summed E-state index contributed by atoms with van der Waals surface area (Å²) in [5, 5.41) is 9.01. The second-order valence-corrected chi connectivity index (χ2v) is 6.05. The highest BCUT2D eigenvalue weighted by Crippen LogP contribution is 2.21. The zero-order valence-electron chi connectivity index (χ0n) is 12.1. The Balaban J connectivity index is 2.41. The Morgan fingerprint density at radius 2 is 2.05 bits per heavy atom. The summed E-state index contributed by atoms with van der Waals surface area (Å²) >= 11 is 1.70. The van der Waals surface area contributed by atoms with Gasteiger partial charge in [-0.1, -0.05) is 6.07 Å². The lowest BCUT2D eigenvalue weighted by molar-refractivity contribution is -0.131. The molecule has 1 atom stereocenters. The largest absolute Gasteiger partial charge is 0.394 e. The quantitative estimate of drug-likeness (QED) is 0.815. The first-order valence-electron chi connectivity index (χ1n) is 6.52. The lowest BCUT2D eigenvalue weighted by Gasteiger charge is -2.23. The normalized spacial score (nSPS) is 12.3. The van der Waals surface area contributed by atoms with Gasteiger partial charge in [0.2, 0.25) is 5.91 Å². The molecule has 0 aliphatic rings. The fraction of sp³-hybridized carbons (Fsp3) is 0.533. The van der Waals surface area contributed by atoms with Gasteiger partial charge in [0.15, 0.2) is 0 Å². The van der Waals surface area contributed by atoms with Crippen molar-refractivity contribution in [1.29, 1.82) is 0 Å². The van der Waals surface area contributed by atoms with E-state index in [-0.39, 0.29) is 18.6 Å². The number of carbonyl (C=O) groups excluding carboxylic acids is 1. The number of hydrogen-bond acceptors (Lipinski definition) is 3. The van der Waals surface area contributed by atoms with Gasteiger partial charge in [0.25, 0.3) is 0 Å². The Kier molecular flexibility index (Phi) is 6.38. The first kappa shape index (κ1) is 16.1. The average molecular weight is 281 g/mol. The Labute approximate surface area is 120 Å². The molecule has 1 amide bonds. The van der Waals surface area contributed by atoms with Crippen molar-refractivity contribution in [3.8, 4) is 0 Å². The number of likely N-dealkylation sites (N-methyl/N-ethyl adjacent to an activating group) is 1. The summed E-state index contributed by atoms with van der Waals surface area (Å²) in [5.41, 5.74) is 2.57. The van der Waals surface area contributed by atoms with Crippen LogP contribution in [0.2, 0.25) is 0 Å². The molecule has 19 heavy (non-hydrogen) atoms. The summed E-state index contributed by atoms with van der Waals surface area (Å²) in [6.07, 6.45) is 0.498. The second-order valence-electron chi connectivity index (χ2n) is 4.88. The average Bonchev–Trinajstić information content (AvgIpc) is 2.40. The van der Waals surface area contributed by atoms with Gasteiger partial charge in [-0.3, -0.25) is 4.79 Å². The highest BCUT2D eigenvalue weighted by Gasteiger charge is 2.14. The number of hydrogen-bond donors (Lipinski definition) is 1. The molecule has 0 aromatic heterocycles. The van der Waals surface area contributed by atoms with Crippen molar-refractivity contribution in [3.63, 3.8) is 0 Å². The molecule has 4 heteroatoms. The number of aryl methyl sites for hydroxylation is 2. The Bertz CT molecular complexity index is 434. The second kappa shape index (κ2) is 7.56. The molecule has 1 N–H and O–H groups in total. The maximum absolute atomic E-state index is 11.9. The summed E-state index contributed by atoms with van der Waals surface area (Å²) in [6.45, 7) is 6.04. The molecular weight excluding hydrogens is 258 g/mol. The van der Waals surface area contributed by atoms with Gasteiger partial charge in [-0.05, 0) is 44.0 Å². The van der Waals surface area contributed by atoms with E-state index in [0.29, 0.717) is 6.42 Å². The maximum Gasteiger partial charge on any atom is 0.223 e. The van der Waals surface area contributed by atoms with Crippen LogP contribution < -0.4 is 0 Å². The van der Waals surface area contributed by atoms with Gasteiger partial charge in [0, 0.05) is 24.1 Å². The number of nitrogens with zero attached hydrogens (tertiary/aromatic N) is 1. The summed E-state index contributed by atoms with van der Waals surface area (Å²) < 4.78 is 0. The van der Waals surface area contributed by atoms with E-state index in [1.807, 2.05) is 6.92 Å². The molecule has 1 rings (SSSR count). The van der Waals surface area contributed by atoms with Gasteiger partial charge in [-0.25, -0.2) is 0 Å². The molecule has 1 aromatic rings. The van der Waals surface area contributed by atoms with Crippen LogP contribution in [-0.2, 0) is 4.79 Å². The summed E-state index contributed by atoms with van der Waals surface area (Å²) in [4.78, 5) is 14.7. The third-order valence-corrected chi connectivity index (χ3v) is 4.38. The molecule has 0 fully saturated rings. The number of thioether (sulfide) groups is 1. The molecule has 0 aliphatic carbocycles. The predicted octanol–water partition coefficient (Wildman–Crippen LogP) is 2.62. The van der Waals surface area contributed by atoms with Crippen LogP contribution in [0.5, 0.6) is 0 Å². The van der Waals surface area contributed by atoms with E-state index in [1.165, 1.54) is 16.0 Å². The van der Waals surface area contributed by atoms with Crippen LogP contribution in [0.3, 0.4) is 0 Å². The fourth-order valence-corrected chi connectivity index (χ4v) is 2.54. The topological polar surface area (TPSA) is 40.5 Å². The predicted molar refractivity (Wildman–Crippen MR) is 80.6 cm³/mol. The molecule has 0 spiro atoms. The maximum atomic E-state index is 11.9. The van der Waals surface area contributed by atoms with E-state index in [2.05, 4.69) is 32.0 Å². The summed E-state index contributed by atoms with van der Waals surface area (Å²) in [7, 11) is 1.74. The number of amides is 1. The first-order chi connectivity index (χ1) is 8.95. The van der Waals surface area contributed by atoms with E-state index in [1.54, 1.807) is 23.7 Å². The van der Waals surface area contributed by atoms with Gasteiger partial charge in [-0.15, -0.1) is 11.8 Å². The summed E-state index contributed by atoms with van der Waals surface area (Å²) in [5.74, 6) is 0.849. The first-order valence-corrected chi connectivity index (χ1v) is 7.50. The van der Waals surface area contributed by atoms with E-state index < -0.39 is 0 Å². The highest BCUT2D eigenvalue weighted by molar-refractivity contribution is 7.99. The van der Waals surface area contributed by atoms with Crippen molar-refractivity contribution < 1.29 is 9.90 Å². The zero-order valence-corrected chi connectivity index (χ0v) is 13.0. The smallest absolute Gasteiger partial charge is 0.223 e. The molecule has 0 saturated heterocycles. The number of rotatable bonds is 6. The van der Waals surface area contributed by atoms with E-state index in [9.17, 15) is 4.79 Å². The minimum absolute atomic E-state index is 0.00649. The molecule has 1 aromatic carbocycles. The van der Waals surface area contributed by atoms with Crippen LogP contribution in [0.15, 0.2) is 23.1 Å². The van der Waals surface area contributed by atoms with Gasteiger partial charge >= 0.3 is 0 Å². The minimum atomic E-state index is -0.112. The van der Waals surface area contributed by atoms with Gasteiger partial charge in [0.1, 0.15) is 0 Å². The summed E-state index contributed by atoms with van der Waals surface area (Å²) in [6, 6.07) is 6.25. The highest BCUT2D eigenvalue weighted by atomic mass is 32.2. The van der Waals surface area contributed by atoms with Crippen LogP contribution in [0, 0.1) is 13.8 Å². The van der Waals surface area contributed by atoms with Crippen LogP contribution in [0.1, 0.15) is 24.5 Å². The number of aliphatic hydroxyl groups is 1. The minimum Gasteiger partial charge on any atom is -0.394 e. The van der Waals surface area contributed by atoms with E-state index in [4.69, 9.17) is 5.11 Å². The zero-order chi connectivity index (χ0) is 14.4. The van der Waals surface area contributed by atoms with Crippen molar-refractivity contribution in [2.24, 2.45) is 0 Å². The van der Waals surface area contributed by atoms with Crippen molar-refractivity contribution >= 4 is 17.7 Å². The molecule has 1 unspecified atom stereocenters. The monoisotopic (exact) mass is 281 g/mol. The van der Waals surface area contributed by atoms with Crippen molar-refractivity contribution in [2.75, 3.05) is 19.4 Å². The SMILES string of the molecule is Cc1ccc(SCCC(=O)N(C)C(C)CO)cc1C. The third-order valence-electron chi connectivity index (χ3n) is 3.38. The Hall–Kier alpha value is -1.00. The lowest BCUT2D eigenvalue weighted by Crippen LogP contribution is -2.37. The fourth-order valence-electron chi connectivity index (χ4n) is 1.60. The molecule has 0 bridgehead atoms. The lowest BCUT2D eigenvalue weighted by atomic mass is 10.1. The van der Waals surface area contributed by atoms with Gasteiger partial charge < -0.3 is 10.0 Å². The van der Waals surface area contributed by atoms with Crippen LogP contribution in [-0.4, -0.2) is 41.4 Å². The standard InChI is InChI=1S/C15H23NO2S/c1-11-5-6-14(9-12(11)2)19-8-7-15(18)16(4)13(3)10-17/h5-6,9,13,17H,7-8,10H2,1-4H3. The Morgan fingerprint density at radius 3 is 2.63 bits per heavy atom. The van der Waals surface area contributed by atoms with E-state index in [0.717, 1.165) is 5.75 Å². The molecule has 0 heterocycles. The van der Waals surface area contributed by atoms with E-state index >= 15 is 0 Å². The number of aliphatic hydroxyl groups excluding tert-OH is 1. The third kappa shape index (κ3) is 4.88. The molecule has 106 valence electrons. The van der Waals surface area contributed by atoms with Gasteiger partial charge in [0.05, 0.1) is 12.6 Å². The molecular formula is C15H23NO2S. The van der Waals surface area contributed by atoms with Crippen molar-refractivity contribution in [3.05, 3.63) is 29.3 Å². The van der Waals surface area contributed by atoms with Crippen LogP contribution in [0.25, 0.3) is 0 Å². The number of carbonyl (C=O) groups is 1. The Morgan fingerprint density at radius 1 is 1.37 bits per heavy atom. The molecule has 0 radical (unpaired) electrons. The molecule has 0 saturated carbocycles. The van der Waals surface area contributed by atoms with Crippen LogP contribution in [0.4, 0.5) is 0 Å². The van der Waals surface area contributed by atoms with Crippen molar-refractivity contribution in [1.82, 2.24) is 4.90 Å².